The van der Waals surface area contributed by atoms with Crippen molar-refractivity contribution in [3.05, 3.63) is 0 Å². The molecular formula is C9H16F3NO. The van der Waals surface area contributed by atoms with E-state index in [-0.39, 0.29) is 0 Å². The van der Waals surface area contributed by atoms with E-state index in [1.54, 1.807) is 34.6 Å². The van der Waals surface area contributed by atoms with Gasteiger partial charge in [0.05, 0.1) is 0 Å². The second kappa shape index (κ2) is 3.79. The lowest BCUT2D eigenvalue weighted by molar-refractivity contribution is -0.192. The fourth-order valence-corrected chi connectivity index (χ4v) is 1.45. The Morgan fingerprint density at radius 2 is 1.50 bits per heavy atom. The fourth-order valence-electron chi connectivity index (χ4n) is 1.45. The van der Waals surface area contributed by atoms with Crippen molar-refractivity contribution < 1.29 is 18.0 Å². The lowest BCUT2D eigenvalue weighted by Crippen LogP contribution is -2.54. The van der Waals surface area contributed by atoms with E-state index < -0.39 is 23.7 Å². The van der Waals surface area contributed by atoms with E-state index in [1.165, 1.54) is 0 Å². The van der Waals surface area contributed by atoms with Gasteiger partial charge in [0.1, 0.15) is 0 Å². The summed E-state index contributed by atoms with van der Waals surface area (Å²) in [5, 5.41) is 0. The summed E-state index contributed by atoms with van der Waals surface area (Å²) in [5.41, 5.74) is -0.819. The fraction of sp³-hybridized carbons (Fsp3) is 0.889. The van der Waals surface area contributed by atoms with Crippen molar-refractivity contribution in [2.24, 2.45) is 0 Å². The van der Waals surface area contributed by atoms with E-state index in [0.29, 0.717) is 0 Å². The van der Waals surface area contributed by atoms with Crippen molar-refractivity contribution in [2.75, 3.05) is 0 Å². The third kappa shape index (κ3) is 3.20. The Balaban J connectivity index is 4.97. The minimum absolute atomic E-state index is 0.468. The summed E-state index contributed by atoms with van der Waals surface area (Å²) in [6.45, 7) is 7.87. The number of amides is 1. The standard InChI is InChI=1S/C9H16F3NO/c1-6(2)13(8(3,4)5)7(14)9(10,11)12/h6H,1-5H3. The lowest BCUT2D eigenvalue weighted by Gasteiger charge is -2.39. The van der Waals surface area contributed by atoms with Gasteiger partial charge in [0.25, 0.3) is 0 Å². The van der Waals surface area contributed by atoms with Gasteiger partial charge in [0.2, 0.25) is 0 Å². The first-order valence-corrected chi connectivity index (χ1v) is 4.38. The molecule has 0 unspecified atom stereocenters. The van der Waals surface area contributed by atoms with Crippen LogP contribution in [0.1, 0.15) is 34.6 Å². The van der Waals surface area contributed by atoms with Gasteiger partial charge >= 0.3 is 12.1 Å². The molecule has 0 aliphatic carbocycles. The van der Waals surface area contributed by atoms with Gasteiger partial charge in [-0.3, -0.25) is 4.79 Å². The van der Waals surface area contributed by atoms with E-state index in [1.807, 2.05) is 0 Å². The van der Waals surface area contributed by atoms with Crippen LogP contribution in [0.3, 0.4) is 0 Å². The number of carbonyl (C=O) groups is 1. The Morgan fingerprint density at radius 1 is 1.14 bits per heavy atom. The Bertz CT molecular complexity index is 215. The van der Waals surface area contributed by atoms with Crippen LogP contribution in [-0.4, -0.2) is 28.6 Å². The first kappa shape index (κ1) is 13.3. The summed E-state index contributed by atoms with van der Waals surface area (Å²) in [6, 6.07) is -0.468. The quantitative estimate of drug-likeness (QED) is 0.652. The molecular weight excluding hydrogens is 195 g/mol. The minimum atomic E-state index is -4.79. The normalized spacial score (nSPS) is 13.2. The topological polar surface area (TPSA) is 20.3 Å². The molecule has 0 aliphatic rings. The Hall–Kier alpha value is -0.740. The number of hydrogen-bond donors (Lipinski definition) is 0. The largest absolute Gasteiger partial charge is 0.471 e. The van der Waals surface area contributed by atoms with Gasteiger partial charge in [0.15, 0.2) is 0 Å². The molecule has 0 saturated heterocycles. The highest BCUT2D eigenvalue weighted by molar-refractivity contribution is 5.82. The number of hydrogen-bond acceptors (Lipinski definition) is 1. The van der Waals surface area contributed by atoms with Gasteiger partial charge in [-0.2, -0.15) is 13.2 Å². The van der Waals surface area contributed by atoms with Gasteiger partial charge in [-0.05, 0) is 34.6 Å². The van der Waals surface area contributed by atoms with Crippen LogP contribution in [0.4, 0.5) is 13.2 Å². The van der Waals surface area contributed by atoms with Gasteiger partial charge in [-0.25, -0.2) is 0 Å². The van der Waals surface area contributed by atoms with Crippen molar-refractivity contribution in [3.8, 4) is 0 Å². The molecule has 0 radical (unpaired) electrons. The Kier molecular flexibility index (Phi) is 3.59. The van der Waals surface area contributed by atoms with Crippen molar-refractivity contribution in [1.29, 1.82) is 0 Å². The molecule has 2 nitrogen and oxygen atoms in total. The van der Waals surface area contributed by atoms with Crippen LogP contribution in [0.15, 0.2) is 0 Å². The molecule has 0 aromatic heterocycles. The Morgan fingerprint density at radius 3 is 1.57 bits per heavy atom. The molecule has 0 saturated carbocycles. The van der Waals surface area contributed by atoms with Gasteiger partial charge in [-0.1, -0.05) is 0 Å². The first-order valence-electron chi connectivity index (χ1n) is 4.38. The SMILES string of the molecule is CC(C)N(C(=O)C(F)(F)F)C(C)(C)C. The minimum Gasteiger partial charge on any atom is -0.328 e. The highest BCUT2D eigenvalue weighted by Gasteiger charge is 2.46. The molecule has 14 heavy (non-hydrogen) atoms. The number of halogens is 3. The van der Waals surface area contributed by atoms with E-state index in [9.17, 15) is 18.0 Å². The molecule has 0 spiro atoms. The average molecular weight is 211 g/mol. The van der Waals surface area contributed by atoms with Crippen LogP contribution in [0.5, 0.6) is 0 Å². The molecule has 0 fully saturated rings. The zero-order valence-corrected chi connectivity index (χ0v) is 9.07. The summed E-state index contributed by atoms with van der Waals surface area (Å²) in [4.78, 5) is 11.9. The van der Waals surface area contributed by atoms with Crippen LogP contribution in [0.25, 0.3) is 0 Å². The summed E-state index contributed by atoms with van der Waals surface area (Å²) in [5.74, 6) is -1.78. The van der Waals surface area contributed by atoms with Crippen molar-refractivity contribution in [1.82, 2.24) is 4.90 Å². The van der Waals surface area contributed by atoms with E-state index >= 15 is 0 Å². The molecule has 0 N–H and O–H groups in total. The number of nitrogens with zero attached hydrogens (tertiary/aromatic N) is 1. The van der Waals surface area contributed by atoms with Crippen LogP contribution >= 0.6 is 0 Å². The van der Waals surface area contributed by atoms with Crippen LogP contribution in [0.2, 0.25) is 0 Å². The molecule has 0 heterocycles. The highest BCUT2D eigenvalue weighted by atomic mass is 19.4. The smallest absolute Gasteiger partial charge is 0.328 e. The molecule has 0 atom stereocenters. The molecule has 0 aliphatic heterocycles. The first-order chi connectivity index (χ1) is 5.98. The maximum atomic E-state index is 12.2. The van der Waals surface area contributed by atoms with Crippen molar-refractivity contribution in [3.63, 3.8) is 0 Å². The summed E-state index contributed by atoms with van der Waals surface area (Å²) in [7, 11) is 0. The highest BCUT2D eigenvalue weighted by Crippen LogP contribution is 2.26. The summed E-state index contributed by atoms with van der Waals surface area (Å²) >= 11 is 0. The summed E-state index contributed by atoms with van der Waals surface area (Å²) < 4.78 is 36.6. The zero-order valence-electron chi connectivity index (χ0n) is 9.07. The monoisotopic (exact) mass is 211 g/mol. The molecule has 5 heteroatoms. The number of rotatable bonds is 1. The van der Waals surface area contributed by atoms with Crippen molar-refractivity contribution in [2.45, 2.75) is 52.4 Å². The maximum Gasteiger partial charge on any atom is 0.471 e. The van der Waals surface area contributed by atoms with E-state index in [0.717, 1.165) is 4.90 Å². The van der Waals surface area contributed by atoms with Crippen molar-refractivity contribution >= 4 is 5.91 Å². The Labute approximate surface area is 82.1 Å². The number of alkyl halides is 3. The lowest BCUT2D eigenvalue weighted by atomic mass is 10.0. The summed E-state index contributed by atoms with van der Waals surface area (Å²) in [6.07, 6.45) is -4.79. The molecule has 84 valence electrons. The predicted molar refractivity (Wildman–Crippen MR) is 47.8 cm³/mol. The van der Waals surface area contributed by atoms with Crippen LogP contribution in [0, 0.1) is 0 Å². The van der Waals surface area contributed by atoms with Gasteiger partial charge < -0.3 is 4.90 Å². The third-order valence-corrected chi connectivity index (χ3v) is 1.70. The van der Waals surface area contributed by atoms with E-state index in [2.05, 4.69) is 0 Å². The molecule has 0 rings (SSSR count). The molecule has 1 amide bonds. The zero-order chi connectivity index (χ0) is 11.7. The molecule has 0 bridgehead atoms. The third-order valence-electron chi connectivity index (χ3n) is 1.70. The average Bonchev–Trinajstić information content (AvgIpc) is 1.79. The molecule has 0 aromatic rings. The van der Waals surface area contributed by atoms with Crippen LogP contribution in [-0.2, 0) is 4.79 Å². The van der Waals surface area contributed by atoms with Gasteiger partial charge in [0, 0.05) is 11.6 Å². The molecule has 0 aromatic carbocycles. The van der Waals surface area contributed by atoms with Crippen LogP contribution < -0.4 is 0 Å². The predicted octanol–water partition coefficient (Wildman–Crippen LogP) is 2.58. The maximum absolute atomic E-state index is 12.2. The van der Waals surface area contributed by atoms with E-state index in [4.69, 9.17) is 0 Å². The number of carbonyl (C=O) groups excluding carboxylic acids is 1. The second-order valence-corrected chi connectivity index (χ2v) is 4.44. The second-order valence-electron chi connectivity index (χ2n) is 4.44. The van der Waals surface area contributed by atoms with Gasteiger partial charge in [-0.15, -0.1) is 0 Å².